The van der Waals surface area contributed by atoms with Gasteiger partial charge in [0.05, 0.1) is 6.20 Å². The predicted molar refractivity (Wildman–Crippen MR) is 112 cm³/mol. The molecule has 5 heteroatoms. The molecular weight excluding hydrogens is 348 g/mol. The van der Waals surface area contributed by atoms with Crippen LogP contribution in [0.5, 0.6) is 0 Å². The molecule has 1 fully saturated rings. The maximum absolute atomic E-state index is 13.0. The van der Waals surface area contributed by atoms with Crippen molar-refractivity contribution in [2.75, 3.05) is 14.0 Å². The van der Waals surface area contributed by atoms with E-state index in [0.29, 0.717) is 36.3 Å². The van der Waals surface area contributed by atoms with E-state index in [0.717, 1.165) is 21.9 Å². The van der Waals surface area contributed by atoms with Crippen molar-refractivity contribution in [3.05, 3.63) is 48.5 Å². The van der Waals surface area contributed by atoms with Gasteiger partial charge in [-0.1, -0.05) is 12.1 Å². The Hall–Kier alpha value is -2.53. The summed E-state index contributed by atoms with van der Waals surface area (Å²) in [7, 11) is 1.87. The van der Waals surface area contributed by atoms with E-state index in [1.165, 1.54) is 0 Å². The second-order valence-electron chi connectivity index (χ2n) is 7.66. The fourth-order valence-electron chi connectivity index (χ4n) is 4.01. The smallest absolute Gasteiger partial charge is 0.141 e. The Labute approximate surface area is 174 Å². The van der Waals surface area contributed by atoms with E-state index in [2.05, 4.69) is 16.1 Å². The first kappa shape index (κ1) is 12.8. The highest BCUT2D eigenvalue weighted by Gasteiger charge is 2.27. The van der Waals surface area contributed by atoms with Gasteiger partial charge in [0.25, 0.3) is 0 Å². The Morgan fingerprint density at radius 2 is 1.96 bits per heavy atom. The molecular formula is C23H28N4O. The lowest BCUT2D eigenvalue weighted by atomic mass is 9.82. The predicted octanol–water partition coefficient (Wildman–Crippen LogP) is 3.87. The van der Waals surface area contributed by atoms with Gasteiger partial charge in [-0.25, -0.2) is 0 Å². The van der Waals surface area contributed by atoms with Crippen molar-refractivity contribution in [1.82, 2.24) is 19.7 Å². The van der Waals surface area contributed by atoms with Gasteiger partial charge < -0.3 is 4.90 Å². The molecule has 0 atom stereocenters. The quantitative estimate of drug-likeness (QED) is 0.672. The third-order valence-electron chi connectivity index (χ3n) is 5.69. The lowest BCUT2D eigenvalue weighted by Gasteiger charge is -2.31. The lowest BCUT2D eigenvalue weighted by molar-refractivity contribution is -0.123. The van der Waals surface area contributed by atoms with E-state index in [4.69, 9.17) is 8.22 Å². The number of ketones is 1. The van der Waals surface area contributed by atoms with Crippen LogP contribution in [0.3, 0.4) is 0 Å². The molecule has 5 nitrogen and oxygen atoms in total. The average molecular weight is 383 g/mol. The first-order valence-corrected chi connectivity index (χ1v) is 9.62. The molecule has 0 radical (unpaired) electrons. The minimum Gasteiger partial charge on any atom is -0.306 e. The molecule has 1 saturated carbocycles. The zero-order valence-corrected chi connectivity index (χ0v) is 15.9. The molecule has 0 N–H and O–H groups in total. The number of pyridine rings is 1. The summed E-state index contributed by atoms with van der Waals surface area (Å²) >= 11 is 0. The summed E-state index contributed by atoms with van der Waals surface area (Å²) in [5, 5.41) is 6.20. The van der Waals surface area contributed by atoms with Crippen molar-refractivity contribution < 1.29 is 13.0 Å². The minimum atomic E-state index is -2.70. The average Bonchev–Trinajstić information content (AvgIpc) is 3.18. The number of carbonyl (C=O) groups is 1. The molecule has 3 aromatic rings. The van der Waals surface area contributed by atoms with Crippen LogP contribution < -0.4 is 0 Å². The number of Topliss-reactive ketones (excluding diaryl/α,β-unsaturated/α-hetero) is 1. The summed E-state index contributed by atoms with van der Waals surface area (Å²) in [5.74, 6) is -0.159. The number of aromatic nitrogens is 3. The second kappa shape index (κ2) is 7.84. The zero-order chi connectivity index (χ0) is 24.7. The van der Waals surface area contributed by atoms with Gasteiger partial charge in [0, 0.05) is 62.7 Å². The van der Waals surface area contributed by atoms with Gasteiger partial charge in [-0.05, 0) is 62.7 Å². The maximum atomic E-state index is 13.0. The van der Waals surface area contributed by atoms with E-state index in [1.807, 2.05) is 37.6 Å². The Morgan fingerprint density at radius 3 is 2.68 bits per heavy atom. The van der Waals surface area contributed by atoms with Gasteiger partial charge in [-0.3, -0.25) is 14.5 Å². The molecule has 146 valence electrons. The Morgan fingerprint density at radius 1 is 1.14 bits per heavy atom. The van der Waals surface area contributed by atoms with Gasteiger partial charge in [0.15, 0.2) is 0 Å². The number of carbonyl (C=O) groups excluding carboxylic acids is 1. The summed E-state index contributed by atoms with van der Waals surface area (Å²) in [4.78, 5) is 18.1. The normalized spacial score (nSPS) is 24.1. The van der Waals surface area contributed by atoms with Crippen molar-refractivity contribution in [3.63, 3.8) is 0 Å². The highest BCUT2D eigenvalue weighted by atomic mass is 16.1. The summed E-state index contributed by atoms with van der Waals surface area (Å²) < 4.78 is 47.5. The van der Waals surface area contributed by atoms with Crippen LogP contribution in [-0.2, 0) is 18.3 Å². The molecule has 0 amide bonds. The van der Waals surface area contributed by atoms with Gasteiger partial charge >= 0.3 is 0 Å². The topological polar surface area (TPSA) is 51.0 Å². The highest BCUT2D eigenvalue weighted by molar-refractivity contribution is 5.88. The molecule has 4 rings (SSSR count). The lowest BCUT2D eigenvalue weighted by Crippen LogP contribution is -2.34. The van der Waals surface area contributed by atoms with Crippen LogP contribution in [0.15, 0.2) is 42.9 Å². The van der Waals surface area contributed by atoms with Crippen molar-refractivity contribution in [1.29, 1.82) is 0 Å². The summed E-state index contributed by atoms with van der Waals surface area (Å²) in [6.07, 6.45) is 7.41. The van der Waals surface area contributed by atoms with E-state index in [-0.39, 0.29) is 18.1 Å². The van der Waals surface area contributed by atoms with Crippen LogP contribution in [-0.4, -0.2) is 45.4 Å². The summed E-state index contributed by atoms with van der Waals surface area (Å²) in [5.41, 5.74) is 2.74. The first-order chi connectivity index (χ1) is 15.9. The Kier molecular flexibility index (Phi) is 3.59. The molecule has 1 aliphatic carbocycles. The van der Waals surface area contributed by atoms with E-state index < -0.39 is 20.0 Å². The molecule has 1 aromatic carbocycles. The molecule has 0 unspecified atom stereocenters. The maximum Gasteiger partial charge on any atom is 0.141 e. The van der Waals surface area contributed by atoms with Gasteiger partial charge in [0.1, 0.15) is 5.78 Å². The highest BCUT2D eigenvalue weighted by Crippen LogP contribution is 2.29. The molecule has 0 aliphatic heterocycles. The molecule has 1 aliphatic rings. The number of hydrogen-bond acceptors (Lipinski definition) is 4. The van der Waals surface area contributed by atoms with Gasteiger partial charge in [0.2, 0.25) is 0 Å². The Bertz CT molecular complexity index is 1160. The minimum absolute atomic E-state index is 0.0584. The number of aryl methyl sites for hydroxylation is 1. The fraction of sp³-hybridized carbons (Fsp3) is 0.435. The largest absolute Gasteiger partial charge is 0.306 e. The van der Waals surface area contributed by atoms with Crippen molar-refractivity contribution in [3.8, 4) is 11.1 Å². The number of hydrogen-bond donors (Lipinski definition) is 0. The standard InChI is InChI=1S/C23H28N4O/c1-26(2)22-8-6-16(7-9-22)23(28)12-21-11-19-10-17(4-5-18(19)13-24-21)20-14-25-27(3)15-20/h4-5,10-11,13-16,22H,6-9,12H2,1-3H3/i1D3,2D3. The second-order valence-corrected chi connectivity index (χ2v) is 7.66. The number of fused-ring (bicyclic) bond motifs is 1. The van der Waals surface area contributed by atoms with Crippen LogP contribution >= 0.6 is 0 Å². The third-order valence-corrected chi connectivity index (χ3v) is 5.69. The first-order valence-electron chi connectivity index (χ1n) is 12.6. The van der Waals surface area contributed by atoms with Gasteiger partial charge in [-0.2, -0.15) is 5.10 Å². The van der Waals surface area contributed by atoms with Crippen LogP contribution in [0.25, 0.3) is 21.9 Å². The molecule has 2 aromatic heterocycles. The number of rotatable bonds is 5. The molecule has 0 spiro atoms. The summed E-state index contributed by atoms with van der Waals surface area (Å²) in [6.45, 7) is -5.40. The SMILES string of the molecule is [2H]C([2H])([2H])N(C1CCC(C(=O)Cc2cc3cc(-c4cnn(C)c4)ccc3cn2)CC1)C([2H])([2H])[2H]. The third kappa shape index (κ3) is 3.99. The molecule has 28 heavy (non-hydrogen) atoms. The van der Waals surface area contributed by atoms with Crippen molar-refractivity contribution in [2.24, 2.45) is 13.0 Å². The van der Waals surface area contributed by atoms with E-state index in [9.17, 15) is 4.79 Å². The molecule has 0 bridgehead atoms. The zero-order valence-electron chi connectivity index (χ0n) is 21.9. The van der Waals surface area contributed by atoms with Crippen LogP contribution in [0.2, 0.25) is 0 Å². The fourth-order valence-corrected chi connectivity index (χ4v) is 4.01. The summed E-state index contributed by atoms with van der Waals surface area (Å²) in [6, 6.07) is 7.43. The Balaban J connectivity index is 1.43. The van der Waals surface area contributed by atoms with Crippen LogP contribution in [0.4, 0.5) is 0 Å². The van der Waals surface area contributed by atoms with Crippen molar-refractivity contribution >= 4 is 16.6 Å². The van der Waals surface area contributed by atoms with Gasteiger partial charge in [-0.15, -0.1) is 0 Å². The molecule has 2 heterocycles. The van der Waals surface area contributed by atoms with E-state index in [1.54, 1.807) is 10.9 Å². The monoisotopic (exact) mass is 382 g/mol. The number of nitrogens with zero attached hydrogens (tertiary/aromatic N) is 4. The van der Waals surface area contributed by atoms with Crippen LogP contribution in [0.1, 0.15) is 39.6 Å². The van der Waals surface area contributed by atoms with Crippen LogP contribution in [0, 0.1) is 5.92 Å². The number of benzene rings is 1. The van der Waals surface area contributed by atoms with E-state index >= 15 is 0 Å². The van der Waals surface area contributed by atoms with Crippen molar-refractivity contribution in [2.45, 2.75) is 38.1 Å². The molecule has 0 saturated heterocycles.